The summed E-state index contributed by atoms with van der Waals surface area (Å²) in [7, 11) is 0. The minimum absolute atomic E-state index is 0.0228. The monoisotopic (exact) mass is 602 g/mol. The van der Waals surface area contributed by atoms with Crippen molar-refractivity contribution in [2.45, 2.75) is 112 Å². The summed E-state index contributed by atoms with van der Waals surface area (Å²) >= 11 is 0. The van der Waals surface area contributed by atoms with Crippen molar-refractivity contribution in [1.29, 1.82) is 0 Å². The Labute approximate surface area is 262 Å². The van der Waals surface area contributed by atoms with Crippen LogP contribution in [-0.2, 0) is 14.3 Å². The predicted molar refractivity (Wildman–Crippen MR) is 171 cm³/mol. The highest BCUT2D eigenvalue weighted by Gasteiger charge is 2.93. The first-order valence-electron chi connectivity index (χ1n) is 16.1. The molecule has 1 aromatic carbocycles. The molecular formula is C38H50O6. The van der Waals surface area contributed by atoms with Gasteiger partial charge in [0.2, 0.25) is 0 Å². The SMILES string of the molecule is CC(C)=CCC/C(C)=C/C[C@]12C[C@@H]3[C@H](C=C(C)C)[C@@]4(C[C@H](C(C)(C)O)O[C@@]14O)C(=O)[C@](C(=O)c1ccccc1)(C2=O)C3(C)C. The lowest BCUT2D eigenvalue weighted by Gasteiger charge is -2.74. The Kier molecular flexibility index (Phi) is 7.76. The maximum absolute atomic E-state index is 15.5. The fraction of sp³-hybridized carbons (Fsp3) is 0.605. The average Bonchev–Trinajstić information content (AvgIpc) is 3.27. The quantitative estimate of drug-likeness (QED) is 0.180. The third kappa shape index (κ3) is 4.06. The van der Waals surface area contributed by atoms with E-state index in [1.54, 1.807) is 44.2 Å². The highest BCUT2D eigenvalue weighted by Crippen LogP contribution is 2.81. The molecule has 0 unspecified atom stereocenters. The molecule has 7 atom stereocenters. The van der Waals surface area contributed by atoms with E-state index >= 15 is 9.59 Å². The second-order valence-corrected chi connectivity index (χ2v) is 15.6. The molecule has 1 heterocycles. The van der Waals surface area contributed by atoms with Gasteiger partial charge in [0.15, 0.2) is 28.6 Å². The molecule has 1 aromatic rings. The summed E-state index contributed by atoms with van der Waals surface area (Å²) < 4.78 is 6.53. The molecule has 6 nitrogen and oxygen atoms in total. The lowest BCUT2D eigenvalue weighted by atomic mass is 9.26. The van der Waals surface area contributed by atoms with Crippen LogP contribution in [0.15, 0.2) is 65.3 Å². The first kappa shape index (κ1) is 32.7. The van der Waals surface area contributed by atoms with Crippen LogP contribution in [0.25, 0.3) is 0 Å². The lowest BCUT2D eigenvalue weighted by Crippen LogP contribution is -2.87. The number of hydrogen-bond acceptors (Lipinski definition) is 6. The summed E-state index contributed by atoms with van der Waals surface area (Å²) in [5, 5.41) is 24.3. The van der Waals surface area contributed by atoms with Crippen LogP contribution < -0.4 is 0 Å². The molecule has 5 aliphatic rings. The molecule has 44 heavy (non-hydrogen) atoms. The Morgan fingerprint density at radius 2 is 1.61 bits per heavy atom. The van der Waals surface area contributed by atoms with Gasteiger partial charge in [-0.25, -0.2) is 0 Å². The molecule has 0 amide bonds. The van der Waals surface area contributed by atoms with Crippen LogP contribution in [0.2, 0.25) is 0 Å². The number of aliphatic hydroxyl groups is 2. The molecule has 0 radical (unpaired) electrons. The number of ether oxygens (including phenoxy) is 1. The topological polar surface area (TPSA) is 101 Å². The van der Waals surface area contributed by atoms with Crippen molar-refractivity contribution in [1.82, 2.24) is 0 Å². The fourth-order valence-corrected chi connectivity index (χ4v) is 9.35. The first-order valence-corrected chi connectivity index (χ1v) is 16.1. The number of allylic oxidation sites excluding steroid dienone is 6. The number of carbonyl (C=O) groups is 3. The second-order valence-electron chi connectivity index (χ2n) is 15.6. The smallest absolute Gasteiger partial charge is 0.192 e. The summed E-state index contributed by atoms with van der Waals surface area (Å²) in [5.41, 5.74) is -3.98. The van der Waals surface area contributed by atoms with E-state index in [-0.39, 0.29) is 25.2 Å². The van der Waals surface area contributed by atoms with Gasteiger partial charge in [0.1, 0.15) is 0 Å². The van der Waals surface area contributed by atoms with Crippen LogP contribution in [0.4, 0.5) is 0 Å². The number of ketones is 3. The lowest BCUT2D eigenvalue weighted by molar-refractivity contribution is -0.356. The van der Waals surface area contributed by atoms with Crippen LogP contribution in [0.5, 0.6) is 0 Å². The summed E-state index contributed by atoms with van der Waals surface area (Å²) in [6.07, 6.45) is 7.39. The van der Waals surface area contributed by atoms with Crippen molar-refractivity contribution in [3.63, 3.8) is 0 Å². The Hall–Kier alpha value is -2.67. The average molecular weight is 603 g/mol. The highest BCUT2D eigenvalue weighted by atomic mass is 16.7. The molecule has 4 bridgehead atoms. The first-order chi connectivity index (χ1) is 20.3. The van der Waals surface area contributed by atoms with Gasteiger partial charge in [0.25, 0.3) is 0 Å². The zero-order valence-corrected chi connectivity index (χ0v) is 27.9. The van der Waals surface area contributed by atoms with Crippen molar-refractivity contribution in [2.75, 3.05) is 0 Å². The maximum atomic E-state index is 15.5. The zero-order valence-electron chi connectivity index (χ0n) is 27.9. The molecule has 1 saturated heterocycles. The molecule has 4 saturated carbocycles. The van der Waals surface area contributed by atoms with Crippen molar-refractivity contribution in [3.05, 3.63) is 70.8 Å². The van der Waals surface area contributed by atoms with Crippen molar-refractivity contribution >= 4 is 17.3 Å². The van der Waals surface area contributed by atoms with E-state index in [1.807, 2.05) is 46.8 Å². The zero-order chi connectivity index (χ0) is 32.7. The van der Waals surface area contributed by atoms with Crippen molar-refractivity contribution < 1.29 is 29.3 Å². The molecule has 0 aromatic heterocycles. The van der Waals surface area contributed by atoms with Gasteiger partial charge in [-0.1, -0.05) is 79.1 Å². The van der Waals surface area contributed by atoms with Crippen LogP contribution >= 0.6 is 0 Å². The van der Waals surface area contributed by atoms with Gasteiger partial charge in [-0.05, 0) is 97.8 Å². The van der Waals surface area contributed by atoms with Crippen LogP contribution in [-0.4, -0.2) is 45.1 Å². The number of Topliss-reactive ketones (excluding diaryl/α,β-unsaturated/α-hetero) is 3. The van der Waals surface area contributed by atoms with E-state index < -0.39 is 62.4 Å². The normalized spacial score (nSPS) is 37.2. The van der Waals surface area contributed by atoms with E-state index in [0.29, 0.717) is 5.56 Å². The third-order valence-electron chi connectivity index (χ3n) is 11.6. The maximum Gasteiger partial charge on any atom is 0.192 e. The third-order valence-corrected chi connectivity index (χ3v) is 11.6. The highest BCUT2D eigenvalue weighted by molar-refractivity contribution is 6.34. The molecule has 5 fully saturated rings. The number of hydrogen-bond donors (Lipinski definition) is 2. The predicted octanol–water partition coefficient (Wildman–Crippen LogP) is 6.95. The minimum atomic E-state index is -2.19. The van der Waals surface area contributed by atoms with Gasteiger partial charge < -0.3 is 14.9 Å². The minimum Gasteiger partial charge on any atom is -0.388 e. The van der Waals surface area contributed by atoms with Gasteiger partial charge in [0.05, 0.1) is 22.5 Å². The molecule has 2 N–H and O–H groups in total. The van der Waals surface area contributed by atoms with Gasteiger partial charge >= 0.3 is 0 Å². The molecule has 1 spiro atoms. The molecule has 1 aliphatic heterocycles. The van der Waals surface area contributed by atoms with E-state index in [2.05, 4.69) is 19.9 Å². The van der Waals surface area contributed by atoms with E-state index in [4.69, 9.17) is 4.74 Å². The number of carbonyl (C=O) groups excluding carboxylic acids is 3. The van der Waals surface area contributed by atoms with E-state index in [0.717, 1.165) is 24.0 Å². The summed E-state index contributed by atoms with van der Waals surface area (Å²) in [6.45, 7) is 17.1. The Bertz CT molecular complexity index is 1470. The van der Waals surface area contributed by atoms with Crippen LogP contribution in [0, 0.1) is 33.5 Å². The molecule has 238 valence electrons. The Morgan fingerprint density at radius 1 is 0.977 bits per heavy atom. The largest absolute Gasteiger partial charge is 0.388 e. The Morgan fingerprint density at radius 3 is 2.18 bits per heavy atom. The molecular weight excluding hydrogens is 552 g/mol. The Balaban J connectivity index is 1.81. The second kappa shape index (κ2) is 10.4. The van der Waals surface area contributed by atoms with E-state index in [9.17, 15) is 15.0 Å². The fourth-order valence-electron chi connectivity index (χ4n) is 9.35. The molecule has 6 rings (SSSR count). The number of benzene rings is 1. The van der Waals surface area contributed by atoms with Gasteiger partial charge in [-0.3, -0.25) is 14.4 Å². The summed E-state index contributed by atoms with van der Waals surface area (Å²) in [6, 6.07) is 8.62. The summed E-state index contributed by atoms with van der Waals surface area (Å²) in [4.78, 5) is 45.8. The van der Waals surface area contributed by atoms with Crippen LogP contribution in [0.1, 0.15) is 105 Å². The van der Waals surface area contributed by atoms with Gasteiger partial charge in [0, 0.05) is 5.56 Å². The van der Waals surface area contributed by atoms with Crippen LogP contribution in [0.3, 0.4) is 0 Å². The van der Waals surface area contributed by atoms with E-state index in [1.165, 1.54) is 5.57 Å². The van der Waals surface area contributed by atoms with Gasteiger partial charge in [-0.2, -0.15) is 0 Å². The van der Waals surface area contributed by atoms with Gasteiger partial charge in [-0.15, -0.1) is 0 Å². The summed E-state index contributed by atoms with van der Waals surface area (Å²) in [5.74, 6) is -4.54. The van der Waals surface area contributed by atoms with Crippen molar-refractivity contribution in [2.24, 2.45) is 33.5 Å². The number of rotatable bonds is 9. The molecule has 4 aliphatic carbocycles. The molecule has 6 heteroatoms. The van der Waals surface area contributed by atoms with Crippen molar-refractivity contribution in [3.8, 4) is 0 Å². The standard InChI is InChI=1S/C38H50O6/c1-23(2)14-13-15-25(5)18-19-35-21-28-27(20-24(3)4)36(22-29(34(8,9)42)44-38(35,36)43)32(41)37(31(35)40,33(28,6)7)30(39)26-16-11-10-12-17-26/h10-12,14,16-18,20,27-29,42-43H,13,15,19,21-22H2,1-9H3/b25-18+/t27-,28+,29+,35+,36-,37-,38-/m0/s1.